The van der Waals surface area contributed by atoms with E-state index in [4.69, 9.17) is 9.47 Å². The van der Waals surface area contributed by atoms with Gasteiger partial charge in [0.15, 0.2) is 5.78 Å². The van der Waals surface area contributed by atoms with Crippen molar-refractivity contribution in [3.8, 4) is 0 Å². The lowest BCUT2D eigenvalue weighted by Gasteiger charge is -2.28. The second-order valence-electron chi connectivity index (χ2n) is 7.00. The van der Waals surface area contributed by atoms with Crippen molar-refractivity contribution < 1.29 is 19.1 Å². The van der Waals surface area contributed by atoms with Gasteiger partial charge in [-0.1, -0.05) is 51.6 Å². The molecule has 2 aliphatic rings. The lowest BCUT2D eigenvalue weighted by atomic mass is 10.0. The van der Waals surface area contributed by atoms with Gasteiger partial charge < -0.3 is 14.4 Å². The largest absolute Gasteiger partial charge is 0.368 e. The first-order valence-corrected chi connectivity index (χ1v) is 8.66. The van der Waals surface area contributed by atoms with Gasteiger partial charge in [0.05, 0.1) is 12.7 Å². The van der Waals surface area contributed by atoms with E-state index in [1.807, 2.05) is 30.3 Å². The summed E-state index contributed by atoms with van der Waals surface area (Å²) in [5.74, 6) is 0.270. The minimum absolute atomic E-state index is 0. The predicted octanol–water partition coefficient (Wildman–Crippen LogP) is 3.05. The average molecular weight is 416 g/mol. The molecule has 0 radical (unpaired) electrons. The average Bonchev–Trinajstić information content (AvgIpc) is 3.15. The van der Waals surface area contributed by atoms with Crippen LogP contribution in [-0.2, 0) is 25.7 Å². The maximum Gasteiger partial charge on any atom is 0.252 e. The zero-order valence-electron chi connectivity index (χ0n) is 15.3. The monoisotopic (exact) mass is 415 g/mol. The third kappa shape index (κ3) is 6.24. The Morgan fingerprint density at radius 1 is 1.26 bits per heavy atom. The number of rotatable bonds is 6. The van der Waals surface area contributed by atoms with Crippen LogP contribution in [0.4, 0.5) is 0 Å². The Morgan fingerprint density at radius 3 is 2.56 bits per heavy atom. The van der Waals surface area contributed by atoms with E-state index in [9.17, 15) is 9.59 Å². The Labute approximate surface area is 176 Å². The fraction of sp³-hybridized carbons (Fsp3) is 0.600. The van der Waals surface area contributed by atoms with Crippen LogP contribution < -0.4 is 0 Å². The topological polar surface area (TPSA) is 55.8 Å². The molecule has 1 aromatic rings. The van der Waals surface area contributed by atoms with Gasteiger partial charge in [-0.25, -0.2) is 0 Å². The number of hydrogen-bond donors (Lipinski definition) is 0. The maximum absolute atomic E-state index is 13.0. The minimum atomic E-state index is -0.516. The van der Waals surface area contributed by atoms with Gasteiger partial charge in [0.1, 0.15) is 18.8 Å². The SMILES string of the molecule is C.CC(C)C[C@H](OCc1ccccc1)C(=O)N1CC[C@H]2OCC(=O)[C@H]21.S.S. The van der Waals surface area contributed by atoms with E-state index in [0.717, 1.165) is 12.0 Å². The summed E-state index contributed by atoms with van der Waals surface area (Å²) in [7, 11) is 0. The van der Waals surface area contributed by atoms with Gasteiger partial charge >= 0.3 is 0 Å². The number of amides is 1. The molecular weight excluding hydrogens is 382 g/mol. The van der Waals surface area contributed by atoms with Crippen LogP contribution in [0.1, 0.15) is 39.7 Å². The van der Waals surface area contributed by atoms with Crippen LogP contribution >= 0.6 is 27.0 Å². The highest BCUT2D eigenvalue weighted by Crippen LogP contribution is 2.28. The van der Waals surface area contributed by atoms with Crippen molar-refractivity contribution in [1.82, 2.24) is 4.90 Å². The fourth-order valence-electron chi connectivity index (χ4n) is 3.47. The third-order valence-electron chi connectivity index (χ3n) is 4.65. The van der Waals surface area contributed by atoms with Gasteiger partial charge in [-0.3, -0.25) is 9.59 Å². The standard InChI is InChI=1S/C19H25NO4.CH4.2H2S/c1-13(2)10-17(23-11-14-6-4-3-5-7-14)19(22)20-9-8-16-18(20)15(21)12-24-16;;;/h3-7,13,16-18H,8-12H2,1-2H3;1H4;2*1H2/t16-,17+,18-;;;/m1.../s1. The minimum Gasteiger partial charge on any atom is -0.368 e. The normalized spacial score (nSPS) is 21.7. The van der Waals surface area contributed by atoms with Crippen LogP contribution in [-0.4, -0.2) is 48.0 Å². The van der Waals surface area contributed by atoms with E-state index in [-0.39, 0.29) is 58.8 Å². The van der Waals surface area contributed by atoms with Crippen molar-refractivity contribution in [2.24, 2.45) is 5.92 Å². The maximum atomic E-state index is 13.0. The molecule has 154 valence electrons. The zero-order chi connectivity index (χ0) is 17.1. The summed E-state index contributed by atoms with van der Waals surface area (Å²) < 4.78 is 11.4. The number of carbonyl (C=O) groups excluding carboxylic acids is 2. The molecule has 5 nitrogen and oxygen atoms in total. The first kappa shape index (κ1) is 26.0. The molecule has 27 heavy (non-hydrogen) atoms. The Balaban J connectivity index is 0.00000225. The number of hydrogen-bond acceptors (Lipinski definition) is 4. The van der Waals surface area contributed by atoms with E-state index < -0.39 is 12.1 Å². The van der Waals surface area contributed by atoms with Crippen molar-refractivity contribution in [1.29, 1.82) is 0 Å². The Kier molecular flexibility index (Phi) is 11.3. The molecule has 7 heteroatoms. The smallest absolute Gasteiger partial charge is 0.252 e. The van der Waals surface area contributed by atoms with Crippen LogP contribution in [0.15, 0.2) is 30.3 Å². The number of carbonyl (C=O) groups is 2. The number of likely N-dealkylation sites (tertiary alicyclic amines) is 1. The van der Waals surface area contributed by atoms with Gasteiger partial charge in [0.2, 0.25) is 0 Å². The first-order valence-electron chi connectivity index (χ1n) is 8.66. The molecule has 2 fully saturated rings. The van der Waals surface area contributed by atoms with Crippen molar-refractivity contribution in [2.45, 2.75) is 59.0 Å². The molecule has 2 saturated heterocycles. The summed E-state index contributed by atoms with van der Waals surface area (Å²) in [5.41, 5.74) is 1.04. The fourth-order valence-corrected chi connectivity index (χ4v) is 3.47. The van der Waals surface area contributed by atoms with Gasteiger partial charge in [0.25, 0.3) is 5.91 Å². The molecule has 2 heterocycles. The van der Waals surface area contributed by atoms with E-state index in [2.05, 4.69) is 13.8 Å². The zero-order valence-corrected chi connectivity index (χ0v) is 17.3. The highest BCUT2D eigenvalue weighted by molar-refractivity contribution is 7.59. The molecular formula is C20H33NO4S2. The molecule has 0 unspecified atom stereocenters. The molecule has 1 aromatic carbocycles. The molecule has 3 atom stereocenters. The molecule has 3 rings (SSSR count). The number of nitrogens with zero attached hydrogens (tertiary/aromatic N) is 1. The van der Waals surface area contributed by atoms with Gasteiger partial charge in [-0.2, -0.15) is 27.0 Å². The molecule has 2 aliphatic heterocycles. The number of Topliss-reactive ketones (excluding diaryl/α,β-unsaturated/α-hetero) is 1. The summed E-state index contributed by atoms with van der Waals surface area (Å²) >= 11 is 0. The van der Waals surface area contributed by atoms with Crippen LogP contribution in [0.5, 0.6) is 0 Å². The van der Waals surface area contributed by atoms with Gasteiger partial charge in [-0.15, -0.1) is 0 Å². The summed E-state index contributed by atoms with van der Waals surface area (Å²) in [5, 5.41) is 0. The number of fused-ring (bicyclic) bond motifs is 1. The first-order chi connectivity index (χ1) is 11.6. The molecule has 0 N–H and O–H groups in total. The van der Waals surface area contributed by atoms with E-state index in [1.54, 1.807) is 4.90 Å². The third-order valence-corrected chi connectivity index (χ3v) is 4.65. The van der Waals surface area contributed by atoms with Crippen molar-refractivity contribution in [2.75, 3.05) is 13.2 Å². The quantitative estimate of drug-likeness (QED) is 0.717. The highest BCUT2D eigenvalue weighted by atomic mass is 32.1. The van der Waals surface area contributed by atoms with E-state index in [0.29, 0.717) is 25.5 Å². The van der Waals surface area contributed by atoms with Crippen molar-refractivity contribution in [3.63, 3.8) is 0 Å². The predicted molar refractivity (Wildman–Crippen MR) is 117 cm³/mol. The summed E-state index contributed by atoms with van der Waals surface area (Å²) in [6.07, 6.45) is 0.733. The molecule has 0 spiro atoms. The summed E-state index contributed by atoms with van der Waals surface area (Å²) in [4.78, 5) is 26.7. The van der Waals surface area contributed by atoms with Crippen LogP contribution in [0.2, 0.25) is 0 Å². The highest BCUT2D eigenvalue weighted by Gasteiger charge is 2.48. The van der Waals surface area contributed by atoms with Gasteiger partial charge in [-0.05, 0) is 24.3 Å². The van der Waals surface area contributed by atoms with E-state index in [1.165, 1.54) is 0 Å². The summed E-state index contributed by atoms with van der Waals surface area (Å²) in [6.45, 7) is 5.24. The Morgan fingerprint density at radius 2 is 1.93 bits per heavy atom. The second-order valence-corrected chi connectivity index (χ2v) is 7.00. The van der Waals surface area contributed by atoms with Crippen molar-refractivity contribution >= 4 is 38.7 Å². The molecule has 0 aliphatic carbocycles. The Hall–Kier alpha value is -1.02. The Bertz CT molecular complexity index is 597. The molecule has 0 aromatic heterocycles. The van der Waals surface area contributed by atoms with Crippen LogP contribution in [0, 0.1) is 5.92 Å². The number of ketones is 1. The molecule has 0 bridgehead atoms. The second kappa shape index (κ2) is 11.7. The van der Waals surface area contributed by atoms with Crippen LogP contribution in [0.25, 0.3) is 0 Å². The number of ether oxygens (including phenoxy) is 2. The number of benzene rings is 1. The molecule has 0 saturated carbocycles. The van der Waals surface area contributed by atoms with E-state index >= 15 is 0 Å². The summed E-state index contributed by atoms with van der Waals surface area (Å²) in [6, 6.07) is 9.42. The lowest BCUT2D eigenvalue weighted by molar-refractivity contribution is -0.148. The lowest BCUT2D eigenvalue weighted by Crippen LogP contribution is -2.47. The van der Waals surface area contributed by atoms with Crippen molar-refractivity contribution in [3.05, 3.63) is 35.9 Å². The van der Waals surface area contributed by atoms with Crippen LogP contribution in [0.3, 0.4) is 0 Å². The molecule has 1 amide bonds. The van der Waals surface area contributed by atoms with Gasteiger partial charge in [0, 0.05) is 6.54 Å².